The molecule has 0 saturated carbocycles. The third-order valence-electron chi connectivity index (χ3n) is 1.51. The molecule has 1 rings (SSSR count). The number of halogens is 3. The van der Waals surface area contributed by atoms with E-state index in [0.717, 1.165) is 12.1 Å². The average molecular weight is 225 g/mol. The van der Waals surface area contributed by atoms with Crippen LogP contribution in [0.25, 0.3) is 0 Å². The summed E-state index contributed by atoms with van der Waals surface area (Å²) in [6, 6.07) is 4.19. The van der Waals surface area contributed by atoms with Gasteiger partial charge >= 0.3 is 58.4 Å². The largest absolute Gasteiger partial charge is 1.00 e. The van der Waals surface area contributed by atoms with Crippen molar-refractivity contribution in [2.45, 2.75) is 0 Å². The molecule has 2 nitrogen and oxygen atoms in total. The van der Waals surface area contributed by atoms with Gasteiger partial charge in [0.2, 0.25) is 0 Å². The molecule has 1 aromatic carbocycles. The van der Waals surface area contributed by atoms with Gasteiger partial charge in [-0.2, -0.15) is 5.26 Å². The minimum Gasteiger partial charge on any atom is -0.511 e. The normalized spacial score (nSPS) is 10.1. The summed E-state index contributed by atoms with van der Waals surface area (Å²) in [5.74, 6) is -0.841. The van der Waals surface area contributed by atoms with Gasteiger partial charge in [0, 0.05) is 5.56 Å². The molecule has 0 unspecified atom stereocenters. The SMILES string of the molecule is N#Cc1ccc(O)c([B-](F)(F)F)c1.[K+]. The molecular formula is C7H4BF3KNO. The van der Waals surface area contributed by atoms with E-state index < -0.39 is 18.2 Å². The Morgan fingerprint density at radius 1 is 1.29 bits per heavy atom. The number of phenolic OH excluding ortho intramolecular Hbond substituents is 1. The molecule has 0 spiro atoms. The molecule has 0 radical (unpaired) electrons. The fourth-order valence-electron chi connectivity index (χ4n) is 0.886. The van der Waals surface area contributed by atoms with Gasteiger partial charge in [-0.25, -0.2) is 0 Å². The molecule has 0 amide bonds. The molecule has 68 valence electrons. The van der Waals surface area contributed by atoms with Crippen LogP contribution in [0.1, 0.15) is 5.56 Å². The Morgan fingerprint density at radius 3 is 2.29 bits per heavy atom. The van der Waals surface area contributed by atoms with Crippen molar-refractivity contribution in [3.05, 3.63) is 23.8 Å². The van der Waals surface area contributed by atoms with E-state index in [4.69, 9.17) is 10.4 Å². The van der Waals surface area contributed by atoms with Crippen molar-refractivity contribution in [3.8, 4) is 11.8 Å². The van der Waals surface area contributed by atoms with Crippen LogP contribution in [0.4, 0.5) is 12.9 Å². The summed E-state index contributed by atoms with van der Waals surface area (Å²) < 4.78 is 36.5. The molecular weight excluding hydrogens is 221 g/mol. The van der Waals surface area contributed by atoms with E-state index in [9.17, 15) is 12.9 Å². The zero-order valence-electron chi connectivity index (χ0n) is 7.34. The van der Waals surface area contributed by atoms with Crippen LogP contribution in [0, 0.1) is 11.3 Å². The molecule has 0 aliphatic carbocycles. The maximum atomic E-state index is 12.2. The molecule has 14 heavy (non-hydrogen) atoms. The van der Waals surface area contributed by atoms with Gasteiger partial charge in [-0.1, -0.05) is 11.5 Å². The summed E-state index contributed by atoms with van der Waals surface area (Å²) in [5, 5.41) is 17.2. The number of benzene rings is 1. The maximum Gasteiger partial charge on any atom is 1.00 e. The monoisotopic (exact) mass is 225 g/mol. The van der Waals surface area contributed by atoms with Crippen molar-refractivity contribution in [1.82, 2.24) is 0 Å². The summed E-state index contributed by atoms with van der Waals surface area (Å²) in [4.78, 5) is 0. The van der Waals surface area contributed by atoms with Gasteiger partial charge < -0.3 is 18.1 Å². The Morgan fingerprint density at radius 2 is 1.86 bits per heavy atom. The average Bonchev–Trinajstić information content (AvgIpc) is 2.03. The van der Waals surface area contributed by atoms with Crippen molar-refractivity contribution in [2.75, 3.05) is 0 Å². The first-order valence-corrected chi connectivity index (χ1v) is 3.38. The van der Waals surface area contributed by atoms with Crippen LogP contribution in [0.15, 0.2) is 18.2 Å². The maximum absolute atomic E-state index is 12.2. The molecule has 0 atom stereocenters. The van der Waals surface area contributed by atoms with Crippen molar-refractivity contribution >= 4 is 12.4 Å². The molecule has 0 aliphatic heterocycles. The predicted molar refractivity (Wildman–Crippen MR) is 41.5 cm³/mol. The summed E-state index contributed by atoms with van der Waals surface area (Å²) in [7, 11) is 0. The second-order valence-corrected chi connectivity index (χ2v) is 2.46. The molecule has 0 heterocycles. The second-order valence-electron chi connectivity index (χ2n) is 2.46. The van der Waals surface area contributed by atoms with Crippen LogP contribution in [0.2, 0.25) is 0 Å². The quantitative estimate of drug-likeness (QED) is 0.580. The van der Waals surface area contributed by atoms with Crippen LogP contribution < -0.4 is 56.8 Å². The standard InChI is InChI=1S/C7H4BF3NO.K/c9-8(10,11)6-3-5(4-12)1-2-7(6)13;/h1-3,13H;/q-1;+1. The van der Waals surface area contributed by atoms with Crippen molar-refractivity contribution in [1.29, 1.82) is 5.26 Å². The van der Waals surface area contributed by atoms with Crippen LogP contribution in [-0.4, -0.2) is 12.1 Å². The first-order valence-electron chi connectivity index (χ1n) is 3.38. The molecule has 0 aliphatic rings. The summed E-state index contributed by atoms with van der Waals surface area (Å²) in [6.45, 7) is -5.26. The Kier molecular flexibility index (Phi) is 5.19. The summed E-state index contributed by atoms with van der Waals surface area (Å²) >= 11 is 0. The minimum absolute atomic E-state index is 0. The van der Waals surface area contributed by atoms with E-state index >= 15 is 0 Å². The van der Waals surface area contributed by atoms with Gasteiger partial charge in [0.15, 0.2) is 0 Å². The first-order chi connectivity index (χ1) is 5.95. The van der Waals surface area contributed by atoms with Gasteiger partial charge in [-0.15, -0.1) is 0 Å². The first kappa shape index (κ1) is 14.0. The third-order valence-corrected chi connectivity index (χ3v) is 1.51. The third kappa shape index (κ3) is 3.29. The van der Waals surface area contributed by atoms with Crippen molar-refractivity contribution < 1.29 is 69.4 Å². The molecule has 1 N–H and O–H groups in total. The van der Waals surface area contributed by atoms with Gasteiger partial charge in [0.1, 0.15) is 0 Å². The van der Waals surface area contributed by atoms with E-state index in [-0.39, 0.29) is 56.9 Å². The molecule has 0 fully saturated rings. The zero-order chi connectivity index (χ0) is 10.1. The van der Waals surface area contributed by atoms with Crippen molar-refractivity contribution in [3.63, 3.8) is 0 Å². The fourth-order valence-corrected chi connectivity index (χ4v) is 0.886. The minimum atomic E-state index is -5.26. The van der Waals surface area contributed by atoms with E-state index in [0.29, 0.717) is 6.07 Å². The smallest absolute Gasteiger partial charge is 0.511 e. The van der Waals surface area contributed by atoms with Gasteiger partial charge in [-0.3, -0.25) is 0 Å². The van der Waals surface area contributed by atoms with Crippen molar-refractivity contribution in [2.24, 2.45) is 0 Å². The van der Waals surface area contributed by atoms with Crippen LogP contribution in [-0.2, 0) is 0 Å². The number of nitriles is 1. The fraction of sp³-hybridized carbons (Fsp3) is 0. The number of hydrogen-bond donors (Lipinski definition) is 1. The van der Waals surface area contributed by atoms with E-state index in [1.54, 1.807) is 6.07 Å². The van der Waals surface area contributed by atoms with Crippen LogP contribution >= 0.6 is 0 Å². The number of aromatic hydroxyl groups is 1. The predicted octanol–water partition coefficient (Wildman–Crippen LogP) is -1.68. The Hall–Kier alpha value is 0.00130. The van der Waals surface area contributed by atoms with E-state index in [1.807, 2.05) is 0 Å². The van der Waals surface area contributed by atoms with Crippen LogP contribution in [0.5, 0.6) is 5.75 Å². The van der Waals surface area contributed by atoms with Gasteiger partial charge in [0.05, 0.1) is 11.8 Å². The Balaban J connectivity index is 0.00000169. The summed E-state index contributed by atoms with van der Waals surface area (Å²) in [5.41, 5.74) is -1.24. The van der Waals surface area contributed by atoms with E-state index in [2.05, 4.69) is 0 Å². The van der Waals surface area contributed by atoms with Gasteiger partial charge in [0.25, 0.3) is 0 Å². The molecule has 0 aromatic heterocycles. The summed E-state index contributed by atoms with van der Waals surface area (Å²) in [6.07, 6.45) is 0. The Labute approximate surface area is 121 Å². The zero-order valence-corrected chi connectivity index (χ0v) is 10.5. The molecule has 0 bridgehead atoms. The number of rotatable bonds is 1. The molecule has 1 aromatic rings. The number of hydrogen-bond acceptors (Lipinski definition) is 2. The van der Waals surface area contributed by atoms with E-state index in [1.165, 1.54) is 0 Å². The Bertz CT molecular complexity index is 374. The number of nitrogens with zero attached hydrogens (tertiary/aromatic N) is 1. The second kappa shape index (κ2) is 5.19. The molecule has 7 heteroatoms. The number of phenols is 1. The topological polar surface area (TPSA) is 44.0 Å². The van der Waals surface area contributed by atoms with Crippen LogP contribution in [0.3, 0.4) is 0 Å². The van der Waals surface area contributed by atoms with Gasteiger partial charge in [-0.05, 0) is 12.1 Å². The molecule has 0 saturated heterocycles.